The highest BCUT2D eigenvalue weighted by Gasteiger charge is 2.15. The van der Waals surface area contributed by atoms with E-state index in [4.69, 9.17) is 4.74 Å². The molecule has 4 rings (SSSR count). The molecule has 1 amide bonds. The van der Waals surface area contributed by atoms with Crippen LogP contribution in [-0.4, -0.2) is 43.7 Å². The van der Waals surface area contributed by atoms with Crippen LogP contribution >= 0.6 is 11.8 Å². The third-order valence-electron chi connectivity index (χ3n) is 4.67. The van der Waals surface area contributed by atoms with E-state index in [9.17, 15) is 14.4 Å². The Morgan fingerprint density at radius 2 is 1.91 bits per heavy atom. The maximum Gasteiger partial charge on any atom is 0.300 e. The van der Waals surface area contributed by atoms with Crippen LogP contribution < -0.4 is 15.6 Å². The summed E-state index contributed by atoms with van der Waals surface area (Å²) >= 11 is 1.15. The number of rotatable bonds is 7. The minimum absolute atomic E-state index is 0.0562. The third-order valence-corrected chi connectivity index (χ3v) is 5.61. The number of benzene rings is 2. The summed E-state index contributed by atoms with van der Waals surface area (Å²) in [5.41, 5.74) is 1.42. The van der Waals surface area contributed by atoms with Gasteiger partial charge in [0.15, 0.2) is 10.9 Å². The van der Waals surface area contributed by atoms with Crippen molar-refractivity contribution < 1.29 is 14.3 Å². The summed E-state index contributed by atoms with van der Waals surface area (Å²) in [7, 11) is 1.54. The van der Waals surface area contributed by atoms with Crippen LogP contribution in [0.1, 0.15) is 17.3 Å². The number of ketones is 1. The standard InChI is InChI=1S/C22H19N5O4S/c1-14(28)15-6-5-7-16(12-15)23-19(29)13-32-22-25-24-20-21(30)26(10-11-27(20)22)17-8-3-4-9-18(17)31-2/h3-12H,13H2,1-2H3,(H,23,29). The third kappa shape index (κ3) is 4.26. The molecule has 0 aliphatic heterocycles. The van der Waals surface area contributed by atoms with Crippen molar-refractivity contribution in [3.63, 3.8) is 0 Å². The molecule has 0 aliphatic rings. The zero-order valence-electron chi connectivity index (χ0n) is 17.3. The average molecular weight is 449 g/mol. The van der Waals surface area contributed by atoms with E-state index >= 15 is 0 Å². The summed E-state index contributed by atoms with van der Waals surface area (Å²) in [6.07, 6.45) is 3.27. The number of hydrogen-bond acceptors (Lipinski definition) is 7. The fourth-order valence-corrected chi connectivity index (χ4v) is 3.84. The number of Topliss-reactive ketones (excluding diaryl/α,β-unsaturated/α-hetero) is 1. The molecular formula is C22H19N5O4S. The maximum absolute atomic E-state index is 12.9. The van der Waals surface area contributed by atoms with Crippen molar-refractivity contribution in [1.82, 2.24) is 19.2 Å². The van der Waals surface area contributed by atoms with E-state index in [1.807, 2.05) is 12.1 Å². The number of ether oxygens (including phenoxy) is 1. The van der Waals surface area contributed by atoms with Gasteiger partial charge in [-0.05, 0) is 31.2 Å². The summed E-state index contributed by atoms with van der Waals surface area (Å²) in [5.74, 6) is 0.262. The van der Waals surface area contributed by atoms with E-state index in [-0.39, 0.29) is 28.6 Å². The summed E-state index contributed by atoms with van der Waals surface area (Å²) in [6.45, 7) is 1.47. The molecule has 9 nitrogen and oxygen atoms in total. The molecule has 10 heteroatoms. The highest BCUT2D eigenvalue weighted by molar-refractivity contribution is 7.99. The first kappa shape index (κ1) is 21.3. The van der Waals surface area contributed by atoms with Gasteiger partial charge in [-0.1, -0.05) is 36.0 Å². The lowest BCUT2D eigenvalue weighted by Gasteiger charge is -2.10. The summed E-state index contributed by atoms with van der Waals surface area (Å²) in [4.78, 5) is 36.8. The monoisotopic (exact) mass is 449 g/mol. The van der Waals surface area contributed by atoms with Gasteiger partial charge in [-0.3, -0.25) is 23.4 Å². The van der Waals surface area contributed by atoms with Gasteiger partial charge >= 0.3 is 5.56 Å². The van der Waals surface area contributed by atoms with Crippen molar-refractivity contribution in [3.8, 4) is 11.4 Å². The highest BCUT2D eigenvalue weighted by atomic mass is 32.2. The molecule has 4 aromatic rings. The number of nitrogens with zero attached hydrogens (tertiary/aromatic N) is 4. The number of anilines is 1. The van der Waals surface area contributed by atoms with E-state index in [0.717, 1.165) is 11.8 Å². The van der Waals surface area contributed by atoms with Crippen LogP contribution in [0.2, 0.25) is 0 Å². The number of carbonyl (C=O) groups excluding carboxylic acids is 2. The van der Waals surface area contributed by atoms with E-state index < -0.39 is 0 Å². The molecule has 0 atom stereocenters. The summed E-state index contributed by atoms with van der Waals surface area (Å²) < 4.78 is 8.32. The lowest BCUT2D eigenvalue weighted by Crippen LogP contribution is -2.20. The quantitative estimate of drug-likeness (QED) is 0.341. The van der Waals surface area contributed by atoms with E-state index in [0.29, 0.717) is 27.8 Å². The molecule has 32 heavy (non-hydrogen) atoms. The molecule has 2 aromatic heterocycles. The van der Waals surface area contributed by atoms with E-state index in [2.05, 4.69) is 15.5 Å². The number of nitrogens with one attached hydrogen (secondary N) is 1. The first-order valence-electron chi connectivity index (χ1n) is 9.61. The number of hydrogen-bond donors (Lipinski definition) is 1. The fraction of sp³-hybridized carbons (Fsp3) is 0.136. The van der Waals surface area contributed by atoms with Crippen molar-refractivity contribution >= 4 is 34.8 Å². The van der Waals surface area contributed by atoms with Gasteiger partial charge in [0.25, 0.3) is 0 Å². The maximum atomic E-state index is 12.9. The Morgan fingerprint density at radius 3 is 2.69 bits per heavy atom. The van der Waals surface area contributed by atoms with Crippen molar-refractivity contribution in [1.29, 1.82) is 0 Å². The van der Waals surface area contributed by atoms with Gasteiger partial charge in [0, 0.05) is 23.6 Å². The van der Waals surface area contributed by atoms with Gasteiger partial charge in [-0.15, -0.1) is 10.2 Å². The van der Waals surface area contributed by atoms with E-state index in [1.165, 1.54) is 18.6 Å². The van der Waals surface area contributed by atoms with Crippen molar-refractivity contribution in [2.75, 3.05) is 18.2 Å². The summed E-state index contributed by atoms with van der Waals surface area (Å²) in [6, 6.07) is 13.9. The molecule has 0 radical (unpaired) electrons. The topological polar surface area (TPSA) is 108 Å². The first-order valence-corrected chi connectivity index (χ1v) is 10.6. The molecule has 0 aliphatic carbocycles. The number of carbonyl (C=O) groups is 2. The Kier molecular flexibility index (Phi) is 6.04. The summed E-state index contributed by atoms with van der Waals surface area (Å²) in [5, 5.41) is 11.2. The van der Waals surface area contributed by atoms with Crippen LogP contribution in [0, 0.1) is 0 Å². The first-order chi connectivity index (χ1) is 15.5. The lowest BCUT2D eigenvalue weighted by atomic mass is 10.1. The Bertz CT molecular complexity index is 1380. The zero-order chi connectivity index (χ0) is 22.7. The number of thioether (sulfide) groups is 1. The van der Waals surface area contributed by atoms with Crippen molar-refractivity contribution in [2.24, 2.45) is 0 Å². The fourth-order valence-electron chi connectivity index (χ4n) is 3.13. The number of fused-ring (bicyclic) bond motifs is 1. The Hall–Kier alpha value is -3.92. The minimum atomic E-state index is -0.359. The van der Waals surface area contributed by atoms with Crippen LogP contribution in [-0.2, 0) is 4.79 Å². The molecule has 2 aromatic carbocycles. The Morgan fingerprint density at radius 1 is 1.09 bits per heavy atom. The predicted octanol–water partition coefficient (Wildman–Crippen LogP) is 2.82. The van der Waals surface area contributed by atoms with Crippen molar-refractivity contribution in [3.05, 3.63) is 76.8 Å². The Balaban J connectivity index is 1.52. The second kappa shape index (κ2) is 9.06. The Labute approximate surface area is 187 Å². The van der Waals surface area contributed by atoms with Gasteiger partial charge in [0.1, 0.15) is 5.75 Å². The van der Waals surface area contributed by atoms with Crippen LogP contribution in [0.15, 0.2) is 70.9 Å². The molecule has 0 bridgehead atoms. The predicted molar refractivity (Wildman–Crippen MR) is 121 cm³/mol. The van der Waals surface area contributed by atoms with Crippen LogP contribution in [0.4, 0.5) is 5.69 Å². The molecule has 0 saturated heterocycles. The van der Waals surface area contributed by atoms with Crippen LogP contribution in [0.3, 0.4) is 0 Å². The van der Waals surface area contributed by atoms with Crippen molar-refractivity contribution in [2.45, 2.75) is 12.1 Å². The van der Waals surface area contributed by atoms with Crippen LogP contribution in [0.5, 0.6) is 5.75 Å². The van der Waals surface area contributed by atoms with Crippen LogP contribution in [0.25, 0.3) is 11.3 Å². The van der Waals surface area contributed by atoms with Gasteiger partial charge in [0.05, 0.1) is 18.6 Å². The van der Waals surface area contributed by atoms with Gasteiger partial charge in [-0.2, -0.15) is 0 Å². The molecule has 162 valence electrons. The number of aromatic nitrogens is 4. The molecule has 0 unspecified atom stereocenters. The number of methoxy groups -OCH3 is 1. The molecule has 0 saturated carbocycles. The minimum Gasteiger partial charge on any atom is -0.495 e. The normalized spacial score (nSPS) is 10.8. The number of para-hydroxylation sites is 2. The second-order valence-corrected chi connectivity index (χ2v) is 7.74. The second-order valence-electron chi connectivity index (χ2n) is 6.80. The lowest BCUT2D eigenvalue weighted by molar-refractivity contribution is -0.113. The SMILES string of the molecule is COc1ccccc1-n1ccn2c(SCC(=O)Nc3cccc(C(C)=O)c3)nnc2c1=O. The molecule has 0 spiro atoms. The largest absolute Gasteiger partial charge is 0.495 e. The molecular weight excluding hydrogens is 430 g/mol. The molecule has 0 fully saturated rings. The number of amides is 1. The van der Waals surface area contributed by atoms with E-state index in [1.54, 1.807) is 53.2 Å². The smallest absolute Gasteiger partial charge is 0.300 e. The molecule has 2 heterocycles. The average Bonchev–Trinajstić information content (AvgIpc) is 3.22. The highest BCUT2D eigenvalue weighted by Crippen LogP contribution is 2.22. The zero-order valence-corrected chi connectivity index (χ0v) is 18.1. The van der Waals surface area contributed by atoms with Gasteiger partial charge in [-0.25, -0.2) is 0 Å². The van der Waals surface area contributed by atoms with Gasteiger partial charge in [0.2, 0.25) is 11.6 Å². The molecule has 1 N–H and O–H groups in total. The van der Waals surface area contributed by atoms with Gasteiger partial charge < -0.3 is 10.1 Å².